The molecule has 0 fully saturated rings. The van der Waals surface area contributed by atoms with Crippen molar-refractivity contribution in [2.24, 2.45) is 5.92 Å². The van der Waals surface area contributed by atoms with Gasteiger partial charge in [-0.05, 0) is 47.9 Å². The number of benzene rings is 2. The summed E-state index contributed by atoms with van der Waals surface area (Å²) in [5.74, 6) is 1.62. The van der Waals surface area contributed by atoms with Gasteiger partial charge in [0.1, 0.15) is 30.5 Å². The van der Waals surface area contributed by atoms with Crippen LogP contribution in [0.2, 0.25) is 0 Å². The highest BCUT2D eigenvalue weighted by Crippen LogP contribution is 2.33. The normalized spacial score (nSPS) is 14.6. The first-order valence-corrected chi connectivity index (χ1v) is 10.7. The molecule has 3 aromatic rings. The predicted molar refractivity (Wildman–Crippen MR) is 125 cm³/mol. The van der Waals surface area contributed by atoms with E-state index in [0.29, 0.717) is 44.3 Å². The van der Waals surface area contributed by atoms with E-state index in [1.165, 1.54) is 0 Å². The number of fused-ring (bicyclic) bond motifs is 1. The molecule has 0 bridgehead atoms. The van der Waals surface area contributed by atoms with Crippen molar-refractivity contribution >= 4 is 11.6 Å². The van der Waals surface area contributed by atoms with Crippen LogP contribution in [0, 0.1) is 5.92 Å². The van der Waals surface area contributed by atoms with E-state index in [1.54, 1.807) is 25.6 Å². The van der Waals surface area contributed by atoms with Crippen LogP contribution in [0.5, 0.6) is 17.2 Å². The molecule has 1 amide bonds. The third-order valence-electron chi connectivity index (χ3n) is 5.34. The molecule has 2 aromatic carbocycles. The van der Waals surface area contributed by atoms with Crippen molar-refractivity contribution in [3.05, 3.63) is 67.0 Å². The lowest BCUT2D eigenvalue weighted by atomic mass is 9.95. The van der Waals surface area contributed by atoms with Gasteiger partial charge in [-0.2, -0.15) is 5.10 Å². The molecule has 4 rings (SSSR count). The van der Waals surface area contributed by atoms with Gasteiger partial charge in [0.05, 0.1) is 38.1 Å². The largest absolute Gasteiger partial charge is 0.497 e. The van der Waals surface area contributed by atoms with Gasteiger partial charge >= 0.3 is 0 Å². The summed E-state index contributed by atoms with van der Waals surface area (Å²) in [5.41, 5.74) is 3.39. The van der Waals surface area contributed by atoms with Crippen molar-refractivity contribution in [3.8, 4) is 28.4 Å². The Morgan fingerprint density at radius 1 is 1.27 bits per heavy atom. The molecule has 0 spiro atoms. The molecule has 2 N–H and O–H groups in total. The number of hydrogen-bond donors (Lipinski definition) is 2. The van der Waals surface area contributed by atoms with Crippen molar-refractivity contribution in [3.63, 3.8) is 0 Å². The van der Waals surface area contributed by atoms with E-state index in [2.05, 4.69) is 22.1 Å². The Balaban J connectivity index is 1.48. The number of nitrogens with one attached hydrogen (secondary N) is 2. The van der Waals surface area contributed by atoms with Crippen molar-refractivity contribution in [1.82, 2.24) is 10.2 Å². The number of methoxy groups -OCH3 is 1. The Morgan fingerprint density at radius 2 is 2.18 bits per heavy atom. The molecule has 8 heteroatoms. The van der Waals surface area contributed by atoms with Crippen LogP contribution in [-0.4, -0.2) is 49.6 Å². The molecule has 0 radical (unpaired) electrons. The number of carbonyl (C=O) groups is 1. The Hall–Kier alpha value is -3.78. The van der Waals surface area contributed by atoms with E-state index >= 15 is 0 Å². The first kappa shape index (κ1) is 22.4. The molecule has 0 unspecified atom stereocenters. The number of anilines is 1. The molecule has 0 saturated carbocycles. The maximum absolute atomic E-state index is 13.1. The number of carbonyl (C=O) groups excluding carboxylic acids is 1. The number of aromatic amines is 1. The molecular formula is C25H27N3O5. The highest BCUT2D eigenvalue weighted by Gasteiger charge is 2.27. The summed E-state index contributed by atoms with van der Waals surface area (Å²) in [7, 11) is 1.62. The van der Waals surface area contributed by atoms with E-state index in [1.807, 2.05) is 36.4 Å². The highest BCUT2D eigenvalue weighted by molar-refractivity contribution is 5.95. The van der Waals surface area contributed by atoms with Crippen LogP contribution in [0.15, 0.2) is 61.4 Å². The van der Waals surface area contributed by atoms with Crippen LogP contribution in [0.25, 0.3) is 11.1 Å². The average Bonchev–Trinajstić information content (AvgIpc) is 3.39. The number of H-pyrrole nitrogens is 1. The quantitative estimate of drug-likeness (QED) is 0.361. The molecule has 8 nitrogen and oxygen atoms in total. The topological polar surface area (TPSA) is 94.7 Å². The number of rotatable bonds is 10. The van der Waals surface area contributed by atoms with Crippen molar-refractivity contribution in [2.75, 3.05) is 38.9 Å². The molecule has 0 saturated heterocycles. The minimum atomic E-state index is -0.332. The van der Waals surface area contributed by atoms with Gasteiger partial charge in [-0.1, -0.05) is 12.1 Å². The predicted octanol–water partition coefficient (Wildman–Crippen LogP) is 3.86. The van der Waals surface area contributed by atoms with Crippen molar-refractivity contribution in [1.29, 1.82) is 0 Å². The lowest BCUT2D eigenvalue weighted by Crippen LogP contribution is -2.32. The van der Waals surface area contributed by atoms with Crippen molar-refractivity contribution in [2.45, 2.75) is 6.42 Å². The van der Waals surface area contributed by atoms with Crippen LogP contribution in [-0.2, 0) is 16.0 Å². The first-order chi connectivity index (χ1) is 16.2. The first-order valence-electron chi connectivity index (χ1n) is 10.7. The average molecular weight is 450 g/mol. The summed E-state index contributed by atoms with van der Waals surface area (Å²) in [6, 6.07) is 11.3. The van der Waals surface area contributed by atoms with E-state index < -0.39 is 0 Å². The third kappa shape index (κ3) is 5.53. The fourth-order valence-corrected chi connectivity index (χ4v) is 3.61. The summed E-state index contributed by atoms with van der Waals surface area (Å²) < 4.78 is 22.5. The van der Waals surface area contributed by atoms with E-state index in [0.717, 1.165) is 28.2 Å². The molecule has 0 aliphatic carbocycles. The second-order valence-electron chi connectivity index (χ2n) is 7.58. The minimum Gasteiger partial charge on any atom is -0.497 e. The Morgan fingerprint density at radius 3 is 2.97 bits per heavy atom. The number of ether oxygens (including phenoxy) is 4. The van der Waals surface area contributed by atoms with Crippen LogP contribution in [0.1, 0.15) is 5.56 Å². The molecule has 1 aliphatic rings. The second-order valence-corrected chi connectivity index (χ2v) is 7.58. The molecule has 172 valence electrons. The molecule has 2 heterocycles. The SMILES string of the molecule is C=CCOCCOc1cc(-c2cn[nH]c2)ccc1NC(=O)[C@H]1COc2ccc(OC)cc2C1. The fraction of sp³-hybridized carbons (Fsp3) is 0.280. The zero-order chi connectivity index (χ0) is 23.0. The van der Waals surface area contributed by atoms with Crippen LogP contribution in [0.4, 0.5) is 5.69 Å². The number of amides is 1. The summed E-state index contributed by atoms with van der Waals surface area (Å²) in [6.07, 6.45) is 5.79. The van der Waals surface area contributed by atoms with E-state index in [9.17, 15) is 4.79 Å². The summed E-state index contributed by atoms with van der Waals surface area (Å²) in [6.45, 7) is 5.14. The summed E-state index contributed by atoms with van der Waals surface area (Å²) >= 11 is 0. The second kappa shape index (κ2) is 10.7. The van der Waals surface area contributed by atoms with Gasteiger partial charge in [-0.25, -0.2) is 0 Å². The van der Waals surface area contributed by atoms with Gasteiger partial charge in [-0.15, -0.1) is 6.58 Å². The Kier molecular flexibility index (Phi) is 7.26. The summed E-state index contributed by atoms with van der Waals surface area (Å²) in [4.78, 5) is 13.1. The standard InChI is InChI=1S/C25H27N3O5/c1-3-8-31-9-10-32-24-13-17(20-14-26-27-15-20)4-6-22(24)28-25(29)19-11-18-12-21(30-2)5-7-23(18)33-16-19/h3-7,12-15,19H,1,8-11,16H2,2H3,(H,26,27)(H,28,29)/t19-/m1/s1. The maximum atomic E-state index is 13.1. The van der Waals surface area contributed by atoms with Crippen molar-refractivity contribution < 1.29 is 23.7 Å². The molecule has 1 aromatic heterocycles. The Bertz CT molecular complexity index is 1100. The number of aromatic nitrogens is 2. The Labute approximate surface area is 192 Å². The van der Waals surface area contributed by atoms with Crippen LogP contribution in [0.3, 0.4) is 0 Å². The van der Waals surface area contributed by atoms with Gasteiger partial charge in [0.2, 0.25) is 5.91 Å². The van der Waals surface area contributed by atoms with Gasteiger partial charge in [0, 0.05) is 11.8 Å². The number of hydrogen-bond acceptors (Lipinski definition) is 6. The smallest absolute Gasteiger partial charge is 0.231 e. The monoisotopic (exact) mass is 449 g/mol. The number of nitrogens with zero attached hydrogens (tertiary/aromatic N) is 1. The minimum absolute atomic E-state index is 0.132. The zero-order valence-electron chi connectivity index (χ0n) is 18.5. The van der Waals surface area contributed by atoms with Crippen LogP contribution >= 0.6 is 0 Å². The van der Waals surface area contributed by atoms with E-state index in [-0.39, 0.29) is 11.8 Å². The van der Waals surface area contributed by atoms with Gasteiger partial charge in [0.15, 0.2) is 0 Å². The zero-order valence-corrected chi connectivity index (χ0v) is 18.5. The summed E-state index contributed by atoms with van der Waals surface area (Å²) in [5, 5.41) is 9.82. The van der Waals surface area contributed by atoms with Gasteiger partial charge in [0.25, 0.3) is 0 Å². The maximum Gasteiger partial charge on any atom is 0.231 e. The van der Waals surface area contributed by atoms with Gasteiger partial charge in [-0.3, -0.25) is 9.89 Å². The fourth-order valence-electron chi connectivity index (χ4n) is 3.61. The lowest BCUT2D eigenvalue weighted by molar-refractivity contribution is -0.121. The lowest BCUT2D eigenvalue weighted by Gasteiger charge is -2.25. The molecule has 33 heavy (non-hydrogen) atoms. The third-order valence-corrected chi connectivity index (χ3v) is 5.34. The molecule has 1 atom stereocenters. The van der Waals surface area contributed by atoms with E-state index in [4.69, 9.17) is 18.9 Å². The highest BCUT2D eigenvalue weighted by atomic mass is 16.5. The molecule has 1 aliphatic heterocycles. The van der Waals surface area contributed by atoms with Crippen LogP contribution < -0.4 is 19.5 Å². The van der Waals surface area contributed by atoms with Gasteiger partial charge < -0.3 is 24.3 Å². The molecular weight excluding hydrogens is 422 g/mol.